The fraction of sp³-hybridized carbons (Fsp3) is 0.345. The molecule has 182 valence electrons. The van der Waals surface area contributed by atoms with Crippen LogP contribution in [0.4, 0.5) is 0 Å². The Kier molecular flexibility index (Phi) is 8.61. The molecule has 1 aliphatic heterocycles. The Balaban J connectivity index is 1.46. The van der Waals surface area contributed by atoms with Crippen LogP contribution in [0.15, 0.2) is 60.7 Å². The van der Waals surface area contributed by atoms with E-state index in [-0.39, 0.29) is 6.61 Å². The minimum Gasteiger partial charge on any atom is -0.496 e. The first-order chi connectivity index (χ1) is 17.2. The molecule has 1 heterocycles. The molecule has 6 heteroatoms. The van der Waals surface area contributed by atoms with E-state index in [1.807, 2.05) is 60.7 Å². The van der Waals surface area contributed by atoms with Gasteiger partial charge in [0, 0.05) is 37.3 Å². The quantitative estimate of drug-likeness (QED) is 0.397. The van der Waals surface area contributed by atoms with E-state index in [4.69, 9.17) is 14.2 Å². The summed E-state index contributed by atoms with van der Waals surface area (Å²) < 4.78 is 17.5. The number of methoxy groups -OCH3 is 2. The van der Waals surface area contributed by atoms with Gasteiger partial charge in [-0.3, -0.25) is 0 Å². The van der Waals surface area contributed by atoms with Crippen LogP contribution in [0.2, 0.25) is 0 Å². The van der Waals surface area contributed by atoms with Crippen LogP contribution in [-0.2, 0) is 13.2 Å². The molecule has 0 radical (unpaired) electrons. The number of benzene rings is 3. The highest BCUT2D eigenvalue weighted by Gasteiger charge is 2.16. The summed E-state index contributed by atoms with van der Waals surface area (Å²) in [7, 11) is 3.31. The van der Waals surface area contributed by atoms with Gasteiger partial charge in [-0.25, -0.2) is 0 Å². The van der Waals surface area contributed by atoms with Crippen molar-refractivity contribution in [3.8, 4) is 34.4 Å². The molecule has 3 aromatic carbocycles. The number of rotatable bonds is 11. The minimum atomic E-state index is 0.267. The van der Waals surface area contributed by atoms with Gasteiger partial charge in [0.15, 0.2) is 0 Å². The standard InChI is InChI=1S/C29H33N3O3/c1-33-28-17-24(18-29(34-2)27(28)20-31-13-16-32-14-6-7-15-32)35-21-23-11-8-12-25(26(23)19-30)22-9-4-3-5-10-22/h3-5,8-12,17-18,31H,6-7,13-16,20-21H2,1-2H3. The van der Waals surface area contributed by atoms with Crippen LogP contribution in [0.3, 0.4) is 0 Å². The Morgan fingerprint density at radius 3 is 2.31 bits per heavy atom. The monoisotopic (exact) mass is 471 g/mol. The van der Waals surface area contributed by atoms with Crippen molar-refractivity contribution in [2.75, 3.05) is 40.4 Å². The van der Waals surface area contributed by atoms with Gasteiger partial charge in [0.1, 0.15) is 29.9 Å². The maximum atomic E-state index is 9.88. The molecule has 0 atom stereocenters. The molecule has 0 bridgehead atoms. The largest absolute Gasteiger partial charge is 0.496 e. The van der Waals surface area contributed by atoms with Gasteiger partial charge >= 0.3 is 0 Å². The first-order valence-corrected chi connectivity index (χ1v) is 12.1. The van der Waals surface area contributed by atoms with Crippen LogP contribution < -0.4 is 19.5 Å². The van der Waals surface area contributed by atoms with Crippen molar-refractivity contribution in [2.24, 2.45) is 0 Å². The van der Waals surface area contributed by atoms with Crippen molar-refractivity contribution in [2.45, 2.75) is 26.0 Å². The highest BCUT2D eigenvalue weighted by Crippen LogP contribution is 2.35. The zero-order valence-corrected chi connectivity index (χ0v) is 20.5. The Bertz CT molecular complexity index is 1130. The molecule has 6 nitrogen and oxygen atoms in total. The molecular formula is C29H33N3O3. The number of nitrogens with zero attached hydrogens (tertiary/aromatic N) is 2. The molecule has 35 heavy (non-hydrogen) atoms. The first kappa shape index (κ1) is 24.6. The normalized spacial score (nSPS) is 13.4. The van der Waals surface area contributed by atoms with Crippen LogP contribution in [0.1, 0.15) is 29.5 Å². The molecule has 3 aromatic rings. The summed E-state index contributed by atoms with van der Waals surface area (Å²) in [6.07, 6.45) is 2.60. The third-order valence-corrected chi connectivity index (χ3v) is 6.43. The second-order valence-electron chi connectivity index (χ2n) is 8.64. The molecule has 0 saturated carbocycles. The van der Waals surface area contributed by atoms with Crippen molar-refractivity contribution in [1.29, 1.82) is 5.26 Å². The van der Waals surface area contributed by atoms with E-state index < -0.39 is 0 Å². The highest BCUT2D eigenvalue weighted by molar-refractivity contribution is 5.72. The van der Waals surface area contributed by atoms with E-state index in [1.54, 1.807) is 14.2 Å². The Morgan fingerprint density at radius 1 is 0.943 bits per heavy atom. The van der Waals surface area contributed by atoms with Crippen LogP contribution in [-0.4, -0.2) is 45.3 Å². The molecule has 0 spiro atoms. The average Bonchev–Trinajstić information content (AvgIpc) is 3.43. The van der Waals surface area contributed by atoms with Crippen molar-refractivity contribution in [3.05, 3.63) is 77.4 Å². The van der Waals surface area contributed by atoms with Crippen molar-refractivity contribution >= 4 is 0 Å². The lowest BCUT2D eigenvalue weighted by Gasteiger charge is -2.18. The van der Waals surface area contributed by atoms with Gasteiger partial charge in [0.2, 0.25) is 0 Å². The van der Waals surface area contributed by atoms with E-state index in [9.17, 15) is 5.26 Å². The van der Waals surface area contributed by atoms with Crippen molar-refractivity contribution < 1.29 is 14.2 Å². The minimum absolute atomic E-state index is 0.267. The predicted molar refractivity (Wildman–Crippen MR) is 138 cm³/mol. The van der Waals surface area contributed by atoms with E-state index in [2.05, 4.69) is 16.3 Å². The molecule has 0 unspecified atom stereocenters. The van der Waals surface area contributed by atoms with E-state index in [0.717, 1.165) is 35.3 Å². The third kappa shape index (κ3) is 6.13. The zero-order chi connectivity index (χ0) is 24.5. The second kappa shape index (κ2) is 12.3. The third-order valence-electron chi connectivity index (χ3n) is 6.43. The van der Waals surface area contributed by atoms with Gasteiger partial charge in [0.25, 0.3) is 0 Å². The number of nitrogens with one attached hydrogen (secondary N) is 1. The Morgan fingerprint density at radius 2 is 1.66 bits per heavy atom. The summed E-state index contributed by atoms with van der Waals surface area (Å²) in [5, 5.41) is 13.4. The zero-order valence-electron chi connectivity index (χ0n) is 20.5. The SMILES string of the molecule is COc1cc(OCc2cccc(-c3ccccc3)c2C#N)cc(OC)c1CNCCN1CCCC1. The summed E-state index contributed by atoms with van der Waals surface area (Å²) in [6, 6.07) is 21.9. The van der Waals surface area contributed by atoms with Crippen LogP contribution in [0.5, 0.6) is 17.2 Å². The maximum absolute atomic E-state index is 9.88. The number of hydrogen-bond donors (Lipinski definition) is 1. The summed E-state index contributed by atoms with van der Waals surface area (Å²) in [5.74, 6) is 2.06. The van der Waals surface area contributed by atoms with Gasteiger partial charge < -0.3 is 24.4 Å². The van der Waals surface area contributed by atoms with Crippen LogP contribution >= 0.6 is 0 Å². The van der Waals surface area contributed by atoms with E-state index in [0.29, 0.717) is 29.4 Å². The molecule has 1 fully saturated rings. The fourth-order valence-electron chi connectivity index (χ4n) is 4.55. The lowest BCUT2D eigenvalue weighted by Crippen LogP contribution is -2.29. The summed E-state index contributed by atoms with van der Waals surface area (Å²) >= 11 is 0. The van der Waals surface area contributed by atoms with Gasteiger partial charge in [-0.15, -0.1) is 0 Å². The Labute approximate surface area is 208 Å². The molecule has 0 aliphatic carbocycles. The lowest BCUT2D eigenvalue weighted by molar-refractivity contribution is 0.299. The molecule has 1 saturated heterocycles. The van der Waals surface area contributed by atoms with E-state index >= 15 is 0 Å². The summed E-state index contributed by atoms with van der Waals surface area (Å²) in [5.41, 5.74) is 4.33. The first-order valence-electron chi connectivity index (χ1n) is 12.1. The maximum Gasteiger partial charge on any atom is 0.130 e. The Hall–Kier alpha value is -3.53. The van der Waals surface area contributed by atoms with Gasteiger partial charge in [-0.2, -0.15) is 5.26 Å². The molecule has 0 amide bonds. The van der Waals surface area contributed by atoms with Crippen LogP contribution in [0, 0.1) is 11.3 Å². The molecule has 0 aromatic heterocycles. The topological polar surface area (TPSA) is 66.8 Å². The smallest absolute Gasteiger partial charge is 0.130 e. The molecule has 1 aliphatic rings. The molecular weight excluding hydrogens is 438 g/mol. The highest BCUT2D eigenvalue weighted by atomic mass is 16.5. The van der Waals surface area contributed by atoms with Gasteiger partial charge in [-0.1, -0.05) is 48.5 Å². The average molecular weight is 472 g/mol. The second-order valence-corrected chi connectivity index (χ2v) is 8.64. The van der Waals surface area contributed by atoms with Crippen molar-refractivity contribution in [1.82, 2.24) is 10.2 Å². The summed E-state index contributed by atoms with van der Waals surface area (Å²) in [6.45, 7) is 5.28. The fourth-order valence-corrected chi connectivity index (χ4v) is 4.55. The van der Waals surface area contributed by atoms with Crippen molar-refractivity contribution in [3.63, 3.8) is 0 Å². The number of hydrogen-bond acceptors (Lipinski definition) is 6. The molecule has 4 rings (SSSR count). The lowest BCUT2D eigenvalue weighted by atomic mass is 9.96. The molecule has 1 N–H and O–H groups in total. The number of nitriles is 1. The predicted octanol–water partition coefficient (Wildman–Crippen LogP) is 5.01. The van der Waals surface area contributed by atoms with E-state index in [1.165, 1.54) is 25.9 Å². The van der Waals surface area contributed by atoms with Gasteiger partial charge in [-0.05, 0) is 37.1 Å². The van der Waals surface area contributed by atoms with Gasteiger partial charge in [0.05, 0.1) is 25.3 Å². The number of ether oxygens (including phenoxy) is 3. The van der Waals surface area contributed by atoms with Crippen LogP contribution in [0.25, 0.3) is 11.1 Å². The summed E-state index contributed by atoms with van der Waals surface area (Å²) in [4.78, 5) is 2.49. The number of likely N-dealkylation sites (tertiary alicyclic amines) is 1.